The first-order valence-corrected chi connectivity index (χ1v) is 6.20. The molecule has 0 aliphatic heterocycles. The molecule has 4 nitrogen and oxygen atoms in total. The van der Waals surface area contributed by atoms with Crippen molar-refractivity contribution in [2.24, 2.45) is 5.73 Å². The van der Waals surface area contributed by atoms with Gasteiger partial charge < -0.3 is 15.0 Å². The Balaban J connectivity index is 2.10. The number of nitrogens with zero attached hydrogens (tertiary/aromatic N) is 2. The van der Waals surface area contributed by atoms with E-state index in [-0.39, 0.29) is 6.04 Å². The van der Waals surface area contributed by atoms with Gasteiger partial charge in [0.1, 0.15) is 18.2 Å². The number of rotatable bonds is 5. The number of aromatic nitrogens is 2. The number of nitrogens with two attached hydrogens (primary N) is 1. The Bertz CT molecular complexity index is 491. The predicted molar refractivity (Wildman–Crippen MR) is 71.3 cm³/mol. The van der Waals surface area contributed by atoms with Gasteiger partial charge in [0.25, 0.3) is 0 Å². The second-order valence-electron chi connectivity index (χ2n) is 4.23. The van der Waals surface area contributed by atoms with Crippen molar-refractivity contribution in [2.75, 3.05) is 0 Å². The van der Waals surface area contributed by atoms with Crippen LogP contribution < -0.4 is 10.5 Å². The first kappa shape index (κ1) is 12.6. The van der Waals surface area contributed by atoms with Gasteiger partial charge in [-0.05, 0) is 26.0 Å². The highest BCUT2D eigenvalue weighted by Crippen LogP contribution is 2.15. The fourth-order valence-corrected chi connectivity index (χ4v) is 1.94. The molecule has 2 rings (SSSR count). The molecular weight excluding hydrogens is 226 g/mol. The summed E-state index contributed by atoms with van der Waals surface area (Å²) in [5, 5.41) is 0. The van der Waals surface area contributed by atoms with Crippen molar-refractivity contribution in [3.05, 3.63) is 48.0 Å². The number of hydrogen-bond acceptors (Lipinski definition) is 3. The van der Waals surface area contributed by atoms with Crippen molar-refractivity contribution in [3.8, 4) is 5.75 Å². The van der Waals surface area contributed by atoms with Crippen molar-refractivity contribution in [1.29, 1.82) is 0 Å². The van der Waals surface area contributed by atoms with Gasteiger partial charge in [-0.25, -0.2) is 4.98 Å². The van der Waals surface area contributed by atoms with E-state index < -0.39 is 0 Å². The zero-order valence-corrected chi connectivity index (χ0v) is 10.8. The molecule has 0 aliphatic carbocycles. The monoisotopic (exact) mass is 245 g/mol. The molecule has 0 bridgehead atoms. The van der Waals surface area contributed by atoms with Crippen LogP contribution in [0.2, 0.25) is 0 Å². The van der Waals surface area contributed by atoms with Crippen LogP contribution in [0.1, 0.15) is 31.4 Å². The molecule has 1 aromatic carbocycles. The molecule has 0 fully saturated rings. The van der Waals surface area contributed by atoms with Crippen LogP contribution in [-0.2, 0) is 13.2 Å². The van der Waals surface area contributed by atoms with Gasteiger partial charge in [0.15, 0.2) is 0 Å². The molecule has 1 unspecified atom stereocenters. The van der Waals surface area contributed by atoms with Crippen molar-refractivity contribution in [1.82, 2.24) is 9.55 Å². The Morgan fingerprint density at radius 3 is 2.67 bits per heavy atom. The van der Waals surface area contributed by atoms with Crippen molar-refractivity contribution in [2.45, 2.75) is 33.0 Å². The van der Waals surface area contributed by atoms with Crippen molar-refractivity contribution >= 4 is 0 Å². The van der Waals surface area contributed by atoms with E-state index >= 15 is 0 Å². The third-order valence-corrected chi connectivity index (χ3v) is 2.86. The van der Waals surface area contributed by atoms with Crippen LogP contribution in [0, 0.1) is 0 Å². The minimum Gasteiger partial charge on any atom is -0.486 e. The van der Waals surface area contributed by atoms with Gasteiger partial charge in [-0.3, -0.25) is 0 Å². The van der Waals surface area contributed by atoms with Crippen LogP contribution in [-0.4, -0.2) is 9.55 Å². The summed E-state index contributed by atoms with van der Waals surface area (Å²) < 4.78 is 7.81. The smallest absolute Gasteiger partial charge is 0.147 e. The molecule has 2 aromatic rings. The van der Waals surface area contributed by atoms with E-state index in [2.05, 4.69) is 16.5 Å². The van der Waals surface area contributed by atoms with Crippen molar-refractivity contribution < 1.29 is 4.74 Å². The maximum absolute atomic E-state index is 5.91. The lowest BCUT2D eigenvalue weighted by atomic mass is 10.3. The summed E-state index contributed by atoms with van der Waals surface area (Å²) in [6.45, 7) is 5.36. The standard InChI is InChI=1S/C14H19N3O/c1-3-17-13(11(2)15)9-16-14(17)10-18-12-7-5-4-6-8-12/h4-9,11H,3,10,15H2,1-2H3. The number of ether oxygens (including phenoxy) is 1. The molecule has 1 aromatic heterocycles. The summed E-state index contributed by atoms with van der Waals surface area (Å²) in [4.78, 5) is 4.38. The lowest BCUT2D eigenvalue weighted by Gasteiger charge is -2.12. The highest BCUT2D eigenvalue weighted by molar-refractivity contribution is 5.21. The average Bonchev–Trinajstić information content (AvgIpc) is 2.80. The Labute approximate surface area is 107 Å². The van der Waals surface area contributed by atoms with Crippen LogP contribution in [0.3, 0.4) is 0 Å². The molecule has 2 N–H and O–H groups in total. The number of hydrogen-bond donors (Lipinski definition) is 1. The van der Waals surface area contributed by atoms with E-state index in [9.17, 15) is 0 Å². The van der Waals surface area contributed by atoms with E-state index in [0.717, 1.165) is 23.8 Å². The van der Waals surface area contributed by atoms with Crippen LogP contribution >= 0.6 is 0 Å². The zero-order chi connectivity index (χ0) is 13.0. The molecule has 0 radical (unpaired) electrons. The molecule has 18 heavy (non-hydrogen) atoms. The lowest BCUT2D eigenvalue weighted by Crippen LogP contribution is -2.14. The largest absolute Gasteiger partial charge is 0.486 e. The Kier molecular flexibility index (Phi) is 3.99. The molecule has 4 heteroatoms. The Morgan fingerprint density at radius 2 is 2.06 bits per heavy atom. The molecular formula is C14H19N3O. The molecule has 96 valence electrons. The maximum atomic E-state index is 5.91. The van der Waals surface area contributed by atoms with Gasteiger partial charge >= 0.3 is 0 Å². The summed E-state index contributed by atoms with van der Waals surface area (Å²) in [6.07, 6.45) is 1.83. The molecule has 0 spiro atoms. The van der Waals surface area contributed by atoms with Crippen LogP contribution in [0.4, 0.5) is 0 Å². The van der Waals surface area contributed by atoms with Gasteiger partial charge in [-0.1, -0.05) is 18.2 Å². The van der Waals surface area contributed by atoms with E-state index in [1.807, 2.05) is 43.5 Å². The quantitative estimate of drug-likeness (QED) is 0.880. The minimum atomic E-state index is -0.0112. The predicted octanol–water partition coefficient (Wildman–Crippen LogP) is 2.50. The highest BCUT2D eigenvalue weighted by atomic mass is 16.5. The molecule has 1 atom stereocenters. The van der Waals surface area contributed by atoms with Crippen LogP contribution in [0.15, 0.2) is 36.5 Å². The molecule has 1 heterocycles. The van der Waals surface area contributed by atoms with Gasteiger partial charge in [0, 0.05) is 12.6 Å². The van der Waals surface area contributed by atoms with Crippen LogP contribution in [0.5, 0.6) is 5.75 Å². The highest BCUT2D eigenvalue weighted by Gasteiger charge is 2.11. The summed E-state index contributed by atoms with van der Waals surface area (Å²) in [5.41, 5.74) is 6.95. The van der Waals surface area contributed by atoms with Crippen LogP contribution in [0.25, 0.3) is 0 Å². The Morgan fingerprint density at radius 1 is 1.33 bits per heavy atom. The summed E-state index contributed by atoms with van der Waals surface area (Å²) >= 11 is 0. The third kappa shape index (κ3) is 2.71. The normalized spacial score (nSPS) is 12.4. The third-order valence-electron chi connectivity index (χ3n) is 2.86. The summed E-state index contributed by atoms with van der Waals surface area (Å²) in [6, 6.07) is 9.73. The van der Waals surface area contributed by atoms with Crippen molar-refractivity contribution in [3.63, 3.8) is 0 Å². The van der Waals surface area contributed by atoms with E-state index in [1.54, 1.807) is 0 Å². The fourth-order valence-electron chi connectivity index (χ4n) is 1.94. The first-order valence-electron chi connectivity index (χ1n) is 6.20. The van der Waals surface area contributed by atoms with Gasteiger partial charge in [-0.2, -0.15) is 0 Å². The SMILES string of the molecule is CCn1c(C(C)N)cnc1COc1ccccc1. The minimum absolute atomic E-state index is 0.0112. The number of para-hydroxylation sites is 1. The lowest BCUT2D eigenvalue weighted by molar-refractivity contribution is 0.289. The molecule has 0 saturated heterocycles. The first-order chi connectivity index (χ1) is 8.72. The Hall–Kier alpha value is -1.81. The van der Waals surface area contributed by atoms with E-state index in [1.165, 1.54) is 0 Å². The fraction of sp³-hybridized carbons (Fsp3) is 0.357. The molecule has 0 saturated carbocycles. The maximum Gasteiger partial charge on any atom is 0.147 e. The second kappa shape index (κ2) is 5.69. The average molecular weight is 245 g/mol. The van der Waals surface area contributed by atoms with E-state index in [0.29, 0.717) is 6.61 Å². The van der Waals surface area contributed by atoms with Gasteiger partial charge in [0.05, 0.1) is 11.9 Å². The second-order valence-corrected chi connectivity index (χ2v) is 4.23. The summed E-state index contributed by atoms with van der Waals surface area (Å²) in [5.74, 6) is 1.76. The van der Waals surface area contributed by atoms with E-state index in [4.69, 9.17) is 10.5 Å². The number of imidazole rings is 1. The summed E-state index contributed by atoms with van der Waals surface area (Å²) in [7, 11) is 0. The van der Waals surface area contributed by atoms with Gasteiger partial charge in [0.2, 0.25) is 0 Å². The van der Waals surface area contributed by atoms with Gasteiger partial charge in [-0.15, -0.1) is 0 Å². The topological polar surface area (TPSA) is 53.1 Å². The molecule has 0 amide bonds. The number of benzene rings is 1. The zero-order valence-electron chi connectivity index (χ0n) is 10.8. The molecule has 0 aliphatic rings.